The predicted molar refractivity (Wildman–Crippen MR) is 90.3 cm³/mol. The van der Waals surface area contributed by atoms with Crippen LogP contribution in [0.15, 0.2) is 30.3 Å². The van der Waals surface area contributed by atoms with Gasteiger partial charge in [0.15, 0.2) is 0 Å². The highest BCUT2D eigenvalue weighted by molar-refractivity contribution is 7.20. The van der Waals surface area contributed by atoms with E-state index in [0.29, 0.717) is 25.6 Å². The Hall–Kier alpha value is -1.56. The molecule has 22 heavy (non-hydrogen) atoms. The monoisotopic (exact) mass is 354 g/mol. The number of halogens is 2. The zero-order valence-corrected chi connectivity index (χ0v) is 13.9. The summed E-state index contributed by atoms with van der Waals surface area (Å²) in [5.41, 5.74) is 1.62. The molecule has 1 aromatic heterocycles. The zero-order chi connectivity index (χ0) is 15.9. The number of benzene rings is 1. The van der Waals surface area contributed by atoms with Gasteiger partial charge in [0.25, 0.3) is 5.91 Å². The number of carbonyl (C=O) groups excluding carboxylic acids is 2. The highest BCUT2D eigenvalue weighted by atomic mass is 35.5. The quantitative estimate of drug-likeness (QED) is 0.823. The number of carbonyl (C=O) groups is 2. The first-order valence-corrected chi connectivity index (χ1v) is 8.22. The number of fused-ring (bicyclic) bond motifs is 1. The number of nitrogens with one attached hydrogen (secondary N) is 1. The topological polar surface area (TPSA) is 49.4 Å². The molecule has 2 heterocycles. The number of thiophene rings is 1. The molecular weight excluding hydrogens is 343 g/mol. The number of amides is 2. The van der Waals surface area contributed by atoms with Gasteiger partial charge in [-0.3, -0.25) is 9.59 Å². The van der Waals surface area contributed by atoms with Gasteiger partial charge in [-0.25, -0.2) is 0 Å². The van der Waals surface area contributed by atoms with Crippen molar-refractivity contribution in [2.75, 3.05) is 10.2 Å². The SMILES string of the molecule is CC1CC(=O)Nc2ccccc2N1C(=O)c1cc(Cl)sc1Cl. The molecule has 7 heteroatoms. The molecule has 114 valence electrons. The minimum atomic E-state index is -0.286. The molecular formula is C15H12Cl2N2O2S. The van der Waals surface area contributed by atoms with E-state index < -0.39 is 0 Å². The largest absolute Gasteiger partial charge is 0.324 e. The van der Waals surface area contributed by atoms with Crippen molar-refractivity contribution < 1.29 is 9.59 Å². The van der Waals surface area contributed by atoms with Crippen LogP contribution < -0.4 is 10.2 Å². The van der Waals surface area contributed by atoms with Crippen LogP contribution in [0.2, 0.25) is 8.67 Å². The van der Waals surface area contributed by atoms with Crippen molar-refractivity contribution in [2.24, 2.45) is 0 Å². The zero-order valence-electron chi connectivity index (χ0n) is 11.6. The van der Waals surface area contributed by atoms with Gasteiger partial charge < -0.3 is 10.2 Å². The first-order valence-electron chi connectivity index (χ1n) is 6.64. The molecule has 1 aliphatic heterocycles. The molecule has 0 saturated heterocycles. The van der Waals surface area contributed by atoms with E-state index in [0.717, 1.165) is 11.3 Å². The van der Waals surface area contributed by atoms with E-state index >= 15 is 0 Å². The lowest BCUT2D eigenvalue weighted by Crippen LogP contribution is -2.39. The average molecular weight is 355 g/mol. The van der Waals surface area contributed by atoms with E-state index in [1.54, 1.807) is 23.1 Å². The summed E-state index contributed by atoms with van der Waals surface area (Å²) in [5, 5.41) is 2.82. The molecule has 1 N–H and O–H groups in total. The lowest BCUT2D eigenvalue weighted by atomic mass is 10.1. The molecule has 1 aliphatic rings. The number of anilines is 2. The maximum Gasteiger partial charge on any atom is 0.261 e. The van der Waals surface area contributed by atoms with Gasteiger partial charge >= 0.3 is 0 Å². The first-order chi connectivity index (χ1) is 10.5. The summed E-state index contributed by atoms with van der Waals surface area (Å²) in [6.07, 6.45) is 0.218. The van der Waals surface area contributed by atoms with Crippen LogP contribution in [0.1, 0.15) is 23.7 Å². The van der Waals surface area contributed by atoms with E-state index in [4.69, 9.17) is 23.2 Å². The van der Waals surface area contributed by atoms with Crippen LogP contribution in [0.25, 0.3) is 0 Å². The maximum absolute atomic E-state index is 12.9. The molecule has 1 atom stereocenters. The Kier molecular flexibility index (Phi) is 4.12. The summed E-state index contributed by atoms with van der Waals surface area (Å²) < 4.78 is 0.807. The third-order valence-electron chi connectivity index (χ3n) is 3.47. The Balaban J connectivity index is 2.10. The number of hydrogen-bond acceptors (Lipinski definition) is 3. The van der Waals surface area contributed by atoms with Crippen molar-refractivity contribution in [3.8, 4) is 0 Å². The van der Waals surface area contributed by atoms with Gasteiger partial charge in [0, 0.05) is 12.5 Å². The van der Waals surface area contributed by atoms with Crippen molar-refractivity contribution in [3.63, 3.8) is 0 Å². The van der Waals surface area contributed by atoms with Crippen LogP contribution in [0.4, 0.5) is 11.4 Å². The van der Waals surface area contributed by atoms with Crippen molar-refractivity contribution in [3.05, 3.63) is 44.6 Å². The van der Waals surface area contributed by atoms with Gasteiger partial charge in [-0.1, -0.05) is 35.3 Å². The second-order valence-corrected chi connectivity index (χ2v) is 7.32. The van der Waals surface area contributed by atoms with Gasteiger partial charge in [0.2, 0.25) is 5.91 Å². The average Bonchev–Trinajstić information content (AvgIpc) is 2.72. The van der Waals surface area contributed by atoms with Gasteiger partial charge in [0.1, 0.15) is 4.34 Å². The minimum absolute atomic E-state index is 0.121. The Morgan fingerprint density at radius 3 is 2.77 bits per heavy atom. The van der Waals surface area contributed by atoms with E-state index in [1.807, 2.05) is 19.1 Å². The number of para-hydroxylation sites is 2. The molecule has 2 amide bonds. The van der Waals surface area contributed by atoms with Crippen LogP contribution >= 0.6 is 34.5 Å². The standard InChI is InChI=1S/C15H12Cl2N2O2S/c1-8-6-13(20)18-10-4-2-3-5-11(10)19(8)15(21)9-7-12(16)22-14(9)17/h2-5,7-8H,6H2,1H3,(H,18,20). The van der Waals surface area contributed by atoms with Gasteiger partial charge in [0.05, 0.1) is 21.3 Å². The highest BCUT2D eigenvalue weighted by Crippen LogP contribution is 2.36. The van der Waals surface area contributed by atoms with Crippen molar-refractivity contribution >= 4 is 57.7 Å². The summed E-state index contributed by atoms with van der Waals surface area (Å²) in [5.74, 6) is -0.380. The van der Waals surface area contributed by atoms with E-state index in [-0.39, 0.29) is 24.3 Å². The summed E-state index contributed by atoms with van der Waals surface area (Å²) in [4.78, 5) is 26.4. The van der Waals surface area contributed by atoms with Crippen LogP contribution in [-0.2, 0) is 4.79 Å². The molecule has 2 aromatic rings. The molecule has 0 spiro atoms. The van der Waals surface area contributed by atoms with Crippen LogP contribution in [0, 0.1) is 0 Å². The van der Waals surface area contributed by atoms with Gasteiger partial charge in [-0.2, -0.15) is 0 Å². The second-order valence-electron chi connectivity index (χ2n) is 5.03. The first kappa shape index (κ1) is 15.3. The molecule has 1 unspecified atom stereocenters. The Bertz CT molecular complexity index is 760. The normalized spacial score (nSPS) is 17.7. The van der Waals surface area contributed by atoms with Crippen molar-refractivity contribution in [1.82, 2.24) is 0 Å². The Labute approximate surface area is 141 Å². The lowest BCUT2D eigenvalue weighted by molar-refractivity contribution is -0.116. The van der Waals surface area contributed by atoms with Gasteiger partial charge in [-0.05, 0) is 25.1 Å². The number of hydrogen-bond donors (Lipinski definition) is 1. The third-order valence-corrected chi connectivity index (χ3v) is 4.95. The number of nitrogens with zero attached hydrogens (tertiary/aromatic N) is 1. The third kappa shape index (κ3) is 2.72. The highest BCUT2D eigenvalue weighted by Gasteiger charge is 2.31. The Morgan fingerprint density at radius 1 is 1.36 bits per heavy atom. The molecule has 3 rings (SSSR count). The summed E-state index contributed by atoms with van der Waals surface area (Å²) >= 11 is 13.2. The lowest BCUT2D eigenvalue weighted by Gasteiger charge is -2.27. The van der Waals surface area contributed by atoms with E-state index in [1.165, 1.54) is 0 Å². The smallest absolute Gasteiger partial charge is 0.261 e. The van der Waals surface area contributed by atoms with E-state index in [9.17, 15) is 9.59 Å². The molecule has 0 bridgehead atoms. The molecule has 0 fully saturated rings. The minimum Gasteiger partial charge on any atom is -0.324 e. The summed E-state index contributed by atoms with van der Waals surface area (Å²) in [6, 6.07) is 8.49. The molecule has 0 saturated carbocycles. The molecule has 4 nitrogen and oxygen atoms in total. The summed E-state index contributed by atoms with van der Waals surface area (Å²) in [7, 11) is 0. The molecule has 1 aromatic carbocycles. The van der Waals surface area contributed by atoms with E-state index in [2.05, 4.69) is 5.32 Å². The summed E-state index contributed by atoms with van der Waals surface area (Å²) in [6.45, 7) is 1.83. The van der Waals surface area contributed by atoms with Crippen LogP contribution in [0.3, 0.4) is 0 Å². The second kappa shape index (κ2) is 5.91. The maximum atomic E-state index is 12.9. The van der Waals surface area contributed by atoms with Crippen molar-refractivity contribution in [1.29, 1.82) is 0 Å². The van der Waals surface area contributed by atoms with Crippen molar-refractivity contribution in [2.45, 2.75) is 19.4 Å². The van der Waals surface area contributed by atoms with Gasteiger partial charge in [-0.15, -0.1) is 11.3 Å². The fourth-order valence-electron chi connectivity index (χ4n) is 2.51. The fourth-order valence-corrected chi connectivity index (χ4v) is 3.96. The Morgan fingerprint density at radius 2 is 2.09 bits per heavy atom. The van der Waals surface area contributed by atoms with Crippen LogP contribution in [-0.4, -0.2) is 17.9 Å². The fraction of sp³-hybridized carbons (Fsp3) is 0.200. The van der Waals surface area contributed by atoms with Crippen LogP contribution in [0.5, 0.6) is 0 Å². The molecule has 0 aliphatic carbocycles. The number of rotatable bonds is 1. The predicted octanol–water partition coefficient (Wildman–Crippen LogP) is 4.43. The molecule has 0 radical (unpaired) electrons.